The molecule has 1 atom stereocenters. The van der Waals surface area contributed by atoms with Crippen molar-refractivity contribution in [1.29, 1.82) is 0 Å². The average Bonchev–Trinajstić information content (AvgIpc) is 2.43. The molecule has 1 heterocycles. The van der Waals surface area contributed by atoms with Crippen LogP contribution in [0.25, 0.3) is 0 Å². The van der Waals surface area contributed by atoms with Crippen LogP contribution < -0.4 is 11.1 Å². The normalized spacial score (nSPS) is 18.6. The zero-order valence-corrected chi connectivity index (χ0v) is 11.9. The first-order valence-electron chi connectivity index (χ1n) is 6.98. The van der Waals surface area contributed by atoms with E-state index in [1.54, 1.807) is 11.8 Å². The summed E-state index contributed by atoms with van der Waals surface area (Å²) in [4.78, 5) is 35.8. The Morgan fingerprint density at radius 2 is 2.15 bits per heavy atom. The van der Waals surface area contributed by atoms with E-state index >= 15 is 0 Å². The average molecular weight is 285 g/mol. The molecule has 20 heavy (non-hydrogen) atoms. The van der Waals surface area contributed by atoms with E-state index in [9.17, 15) is 14.4 Å². The van der Waals surface area contributed by atoms with Crippen LogP contribution in [0.5, 0.6) is 0 Å². The molecule has 1 unspecified atom stereocenters. The van der Waals surface area contributed by atoms with E-state index in [0.29, 0.717) is 26.2 Å². The summed E-state index contributed by atoms with van der Waals surface area (Å²) >= 11 is 0. The first-order valence-corrected chi connectivity index (χ1v) is 6.98. The molecule has 0 aromatic rings. The van der Waals surface area contributed by atoms with Crippen LogP contribution in [0.3, 0.4) is 0 Å². The number of ether oxygens (including phenoxy) is 1. The lowest BCUT2D eigenvalue weighted by molar-refractivity contribution is -0.143. The van der Waals surface area contributed by atoms with Gasteiger partial charge in [0.05, 0.1) is 25.5 Å². The fourth-order valence-corrected chi connectivity index (χ4v) is 2.17. The summed E-state index contributed by atoms with van der Waals surface area (Å²) in [5.41, 5.74) is 5.27. The minimum atomic E-state index is -0.349. The largest absolute Gasteiger partial charge is 0.466 e. The summed E-state index contributed by atoms with van der Waals surface area (Å²) in [5.74, 6) is -0.941. The predicted octanol–water partition coefficient (Wildman–Crippen LogP) is -0.747. The van der Waals surface area contributed by atoms with Crippen molar-refractivity contribution in [2.45, 2.75) is 26.2 Å². The molecule has 0 aliphatic carbocycles. The molecule has 1 fully saturated rings. The molecule has 114 valence electrons. The molecule has 1 rings (SSSR count). The number of esters is 1. The van der Waals surface area contributed by atoms with Gasteiger partial charge in [0.15, 0.2) is 0 Å². The van der Waals surface area contributed by atoms with Crippen molar-refractivity contribution in [3.8, 4) is 0 Å². The molecular weight excluding hydrogens is 262 g/mol. The second-order valence-corrected chi connectivity index (χ2v) is 4.81. The van der Waals surface area contributed by atoms with Crippen molar-refractivity contribution in [3.63, 3.8) is 0 Å². The Morgan fingerprint density at radius 3 is 2.80 bits per heavy atom. The topological polar surface area (TPSA) is 102 Å². The van der Waals surface area contributed by atoms with Crippen LogP contribution in [0.2, 0.25) is 0 Å². The number of nitrogens with one attached hydrogen (secondary N) is 1. The maximum absolute atomic E-state index is 11.9. The summed E-state index contributed by atoms with van der Waals surface area (Å²) < 4.78 is 4.78. The predicted molar refractivity (Wildman–Crippen MR) is 72.6 cm³/mol. The summed E-state index contributed by atoms with van der Waals surface area (Å²) in [6.45, 7) is 3.72. The molecule has 0 aromatic carbocycles. The lowest BCUT2D eigenvalue weighted by Gasteiger charge is -2.31. The zero-order chi connectivity index (χ0) is 15.0. The highest BCUT2D eigenvalue weighted by Gasteiger charge is 2.26. The SMILES string of the molecule is CCOC(=O)CCNCC(=O)N1CCCC(C(N)=O)C1. The first-order chi connectivity index (χ1) is 9.54. The fourth-order valence-electron chi connectivity index (χ4n) is 2.17. The van der Waals surface area contributed by atoms with Crippen molar-refractivity contribution in [3.05, 3.63) is 0 Å². The minimum absolute atomic E-state index is 0.0696. The van der Waals surface area contributed by atoms with Crippen molar-refractivity contribution >= 4 is 17.8 Å². The molecule has 0 bridgehead atoms. The second-order valence-electron chi connectivity index (χ2n) is 4.81. The Balaban J connectivity index is 2.22. The third-order valence-electron chi connectivity index (χ3n) is 3.26. The van der Waals surface area contributed by atoms with Crippen molar-refractivity contribution < 1.29 is 19.1 Å². The van der Waals surface area contributed by atoms with E-state index in [1.165, 1.54) is 0 Å². The van der Waals surface area contributed by atoms with Crippen LogP contribution in [0, 0.1) is 5.92 Å². The van der Waals surface area contributed by atoms with Gasteiger partial charge in [-0.25, -0.2) is 0 Å². The number of hydrogen-bond donors (Lipinski definition) is 2. The van der Waals surface area contributed by atoms with Gasteiger partial charge in [0.1, 0.15) is 0 Å². The van der Waals surface area contributed by atoms with Gasteiger partial charge in [0.25, 0.3) is 0 Å². The summed E-state index contributed by atoms with van der Waals surface area (Å²) in [6, 6.07) is 0. The molecule has 3 N–H and O–H groups in total. The van der Waals surface area contributed by atoms with Gasteiger partial charge >= 0.3 is 5.97 Å². The zero-order valence-electron chi connectivity index (χ0n) is 11.9. The Hall–Kier alpha value is -1.63. The number of nitrogens with two attached hydrogens (primary N) is 1. The molecule has 1 saturated heterocycles. The first kappa shape index (κ1) is 16.4. The third-order valence-corrected chi connectivity index (χ3v) is 3.26. The van der Waals surface area contributed by atoms with Crippen molar-refractivity contribution in [2.75, 3.05) is 32.8 Å². The number of carbonyl (C=O) groups excluding carboxylic acids is 3. The third kappa shape index (κ3) is 5.56. The lowest BCUT2D eigenvalue weighted by atomic mass is 9.97. The second kappa shape index (κ2) is 8.52. The molecule has 1 aliphatic rings. The van der Waals surface area contributed by atoms with Crippen LogP contribution in [-0.4, -0.2) is 55.5 Å². The van der Waals surface area contributed by atoms with E-state index in [0.717, 1.165) is 12.8 Å². The lowest BCUT2D eigenvalue weighted by Crippen LogP contribution is -2.47. The standard InChI is InChI=1S/C13H23N3O4/c1-2-20-12(18)5-6-15-8-11(17)16-7-3-4-10(9-16)13(14)19/h10,15H,2-9H2,1H3,(H2,14,19). The van der Waals surface area contributed by atoms with Crippen LogP contribution in [0.15, 0.2) is 0 Å². The maximum Gasteiger partial charge on any atom is 0.307 e. The van der Waals surface area contributed by atoms with Gasteiger partial charge in [-0.2, -0.15) is 0 Å². The maximum atomic E-state index is 11.9. The quantitative estimate of drug-likeness (QED) is 0.473. The van der Waals surface area contributed by atoms with E-state index in [1.807, 2.05) is 0 Å². The molecule has 0 spiro atoms. The molecule has 2 amide bonds. The molecule has 0 aromatic heterocycles. The summed E-state index contributed by atoms with van der Waals surface area (Å²) in [7, 11) is 0. The van der Waals surface area contributed by atoms with Crippen molar-refractivity contribution in [2.24, 2.45) is 11.7 Å². The highest BCUT2D eigenvalue weighted by molar-refractivity contribution is 5.81. The van der Waals surface area contributed by atoms with Crippen LogP contribution in [0.4, 0.5) is 0 Å². The number of piperidine rings is 1. The number of carbonyl (C=O) groups is 3. The number of likely N-dealkylation sites (tertiary alicyclic amines) is 1. The molecular formula is C13H23N3O4. The van der Waals surface area contributed by atoms with Gasteiger partial charge in [-0.3, -0.25) is 14.4 Å². The van der Waals surface area contributed by atoms with Crippen LogP contribution in [-0.2, 0) is 19.1 Å². The number of hydrogen-bond acceptors (Lipinski definition) is 5. The molecule has 0 radical (unpaired) electrons. The Labute approximate surface area is 118 Å². The number of rotatable bonds is 7. The molecule has 0 saturated carbocycles. The van der Waals surface area contributed by atoms with Gasteiger partial charge < -0.3 is 20.7 Å². The molecule has 7 nitrogen and oxygen atoms in total. The van der Waals surface area contributed by atoms with Gasteiger partial charge in [0.2, 0.25) is 11.8 Å². The highest BCUT2D eigenvalue weighted by Crippen LogP contribution is 2.15. The number of nitrogens with zero attached hydrogens (tertiary/aromatic N) is 1. The van der Waals surface area contributed by atoms with E-state index in [-0.39, 0.29) is 36.7 Å². The minimum Gasteiger partial charge on any atom is -0.466 e. The van der Waals surface area contributed by atoms with Crippen LogP contribution in [0.1, 0.15) is 26.2 Å². The highest BCUT2D eigenvalue weighted by atomic mass is 16.5. The number of primary amides is 1. The van der Waals surface area contributed by atoms with E-state index < -0.39 is 0 Å². The van der Waals surface area contributed by atoms with Gasteiger partial charge in [0, 0.05) is 19.6 Å². The Kier molecular flexibility index (Phi) is 7.00. The number of amides is 2. The van der Waals surface area contributed by atoms with Crippen molar-refractivity contribution in [1.82, 2.24) is 10.2 Å². The summed E-state index contributed by atoms with van der Waals surface area (Å²) in [6.07, 6.45) is 1.78. The fraction of sp³-hybridized carbons (Fsp3) is 0.769. The van der Waals surface area contributed by atoms with E-state index in [4.69, 9.17) is 10.5 Å². The molecule has 1 aliphatic heterocycles. The van der Waals surface area contributed by atoms with Crippen LogP contribution >= 0.6 is 0 Å². The monoisotopic (exact) mass is 285 g/mol. The Bertz CT molecular complexity index is 360. The Morgan fingerprint density at radius 1 is 1.40 bits per heavy atom. The smallest absolute Gasteiger partial charge is 0.307 e. The van der Waals surface area contributed by atoms with Gasteiger partial charge in [-0.1, -0.05) is 0 Å². The summed E-state index contributed by atoms with van der Waals surface area (Å²) in [5, 5.41) is 2.91. The van der Waals surface area contributed by atoms with Gasteiger partial charge in [-0.15, -0.1) is 0 Å². The van der Waals surface area contributed by atoms with E-state index in [2.05, 4.69) is 5.32 Å². The van der Waals surface area contributed by atoms with Gasteiger partial charge in [-0.05, 0) is 19.8 Å². The molecule has 7 heteroatoms.